The number of para-hydroxylation sites is 1. The molecule has 0 bridgehead atoms. The van der Waals surface area contributed by atoms with Gasteiger partial charge >= 0.3 is 0 Å². The first-order valence-corrected chi connectivity index (χ1v) is 7.22. The van der Waals surface area contributed by atoms with E-state index in [1.165, 1.54) is 0 Å². The Morgan fingerprint density at radius 1 is 1.14 bits per heavy atom. The standard InChI is InChI=1S/C18H20N2O2/c1-13(2)22-17-11-7-5-9-15(17)12-19-20-18(21)16-10-6-4-8-14(16)3/h4-13H,1-3H3,(H,20,21)/b19-12-. The topological polar surface area (TPSA) is 50.7 Å². The van der Waals surface area contributed by atoms with Crippen LogP contribution in [0.5, 0.6) is 5.75 Å². The number of aryl methyl sites for hydroxylation is 1. The maximum absolute atomic E-state index is 12.1. The maximum Gasteiger partial charge on any atom is 0.271 e. The van der Waals surface area contributed by atoms with E-state index in [1.807, 2.05) is 63.2 Å². The first kappa shape index (κ1) is 15.8. The molecule has 4 nitrogen and oxygen atoms in total. The van der Waals surface area contributed by atoms with Crippen molar-refractivity contribution in [1.29, 1.82) is 0 Å². The first-order chi connectivity index (χ1) is 10.6. The van der Waals surface area contributed by atoms with E-state index in [0.29, 0.717) is 5.56 Å². The van der Waals surface area contributed by atoms with Crippen LogP contribution in [-0.2, 0) is 0 Å². The minimum atomic E-state index is -0.225. The lowest BCUT2D eigenvalue weighted by Gasteiger charge is -2.11. The number of hydrogen-bond donors (Lipinski definition) is 1. The Bertz CT molecular complexity index is 678. The van der Waals surface area contributed by atoms with E-state index in [1.54, 1.807) is 12.3 Å². The van der Waals surface area contributed by atoms with E-state index in [4.69, 9.17) is 4.74 Å². The van der Waals surface area contributed by atoms with Gasteiger partial charge in [0.2, 0.25) is 0 Å². The monoisotopic (exact) mass is 296 g/mol. The summed E-state index contributed by atoms with van der Waals surface area (Å²) >= 11 is 0. The predicted octanol–water partition coefficient (Wildman–Crippen LogP) is 3.55. The van der Waals surface area contributed by atoms with Crippen LogP contribution in [0.3, 0.4) is 0 Å². The van der Waals surface area contributed by atoms with Gasteiger partial charge in [-0.1, -0.05) is 30.3 Å². The Morgan fingerprint density at radius 2 is 1.82 bits per heavy atom. The molecular weight excluding hydrogens is 276 g/mol. The maximum atomic E-state index is 12.1. The molecule has 0 saturated carbocycles. The molecule has 0 spiro atoms. The highest BCUT2D eigenvalue weighted by atomic mass is 16.5. The van der Waals surface area contributed by atoms with Crippen LogP contribution in [0, 0.1) is 6.92 Å². The van der Waals surface area contributed by atoms with Gasteiger partial charge in [-0.25, -0.2) is 5.43 Å². The van der Waals surface area contributed by atoms with Crippen molar-refractivity contribution in [2.24, 2.45) is 5.10 Å². The van der Waals surface area contributed by atoms with Crippen molar-refractivity contribution in [2.75, 3.05) is 0 Å². The number of carbonyl (C=O) groups excluding carboxylic acids is 1. The quantitative estimate of drug-likeness (QED) is 0.677. The van der Waals surface area contributed by atoms with E-state index >= 15 is 0 Å². The molecule has 2 aromatic rings. The zero-order valence-electron chi connectivity index (χ0n) is 13.0. The van der Waals surface area contributed by atoms with E-state index in [-0.39, 0.29) is 12.0 Å². The number of nitrogens with zero attached hydrogens (tertiary/aromatic N) is 1. The molecule has 0 aromatic heterocycles. The second kappa shape index (κ2) is 7.41. The van der Waals surface area contributed by atoms with E-state index in [9.17, 15) is 4.79 Å². The van der Waals surface area contributed by atoms with Crippen LogP contribution >= 0.6 is 0 Å². The summed E-state index contributed by atoms with van der Waals surface area (Å²) < 4.78 is 5.70. The molecule has 114 valence electrons. The molecule has 0 aliphatic carbocycles. The molecule has 0 radical (unpaired) electrons. The minimum absolute atomic E-state index is 0.0797. The van der Waals surface area contributed by atoms with E-state index < -0.39 is 0 Å². The Balaban J connectivity index is 2.07. The Morgan fingerprint density at radius 3 is 2.55 bits per heavy atom. The van der Waals surface area contributed by atoms with Crippen LogP contribution in [0.4, 0.5) is 0 Å². The van der Waals surface area contributed by atoms with Crippen molar-refractivity contribution in [1.82, 2.24) is 5.43 Å². The summed E-state index contributed by atoms with van der Waals surface area (Å²) in [7, 11) is 0. The average Bonchev–Trinajstić information content (AvgIpc) is 2.49. The summed E-state index contributed by atoms with van der Waals surface area (Å²) in [5.74, 6) is 0.517. The van der Waals surface area contributed by atoms with Gasteiger partial charge in [0.25, 0.3) is 5.91 Å². The highest BCUT2D eigenvalue weighted by Gasteiger charge is 2.07. The summed E-state index contributed by atoms with van der Waals surface area (Å²) in [6, 6.07) is 15.0. The molecule has 0 heterocycles. The molecule has 0 saturated heterocycles. The van der Waals surface area contributed by atoms with Crippen LogP contribution < -0.4 is 10.2 Å². The number of ether oxygens (including phenoxy) is 1. The molecule has 0 aliphatic heterocycles. The number of nitrogens with one attached hydrogen (secondary N) is 1. The van der Waals surface area contributed by atoms with Crippen molar-refractivity contribution in [3.05, 3.63) is 65.2 Å². The number of carbonyl (C=O) groups is 1. The molecule has 2 aromatic carbocycles. The normalized spacial score (nSPS) is 10.9. The zero-order valence-corrected chi connectivity index (χ0v) is 13.0. The molecule has 0 atom stereocenters. The fourth-order valence-corrected chi connectivity index (χ4v) is 2.00. The third-order valence-electron chi connectivity index (χ3n) is 3.04. The third-order valence-corrected chi connectivity index (χ3v) is 3.04. The zero-order chi connectivity index (χ0) is 15.9. The number of amides is 1. The molecular formula is C18H20N2O2. The lowest BCUT2D eigenvalue weighted by atomic mass is 10.1. The van der Waals surface area contributed by atoms with Crippen LogP contribution in [-0.4, -0.2) is 18.2 Å². The van der Waals surface area contributed by atoms with Gasteiger partial charge in [0.15, 0.2) is 0 Å². The van der Waals surface area contributed by atoms with Gasteiger partial charge in [0.05, 0.1) is 12.3 Å². The molecule has 2 rings (SSSR count). The lowest BCUT2D eigenvalue weighted by molar-refractivity contribution is 0.0954. The number of rotatable bonds is 5. The van der Waals surface area contributed by atoms with Gasteiger partial charge in [-0.05, 0) is 44.5 Å². The second-order valence-corrected chi connectivity index (χ2v) is 5.22. The molecule has 1 amide bonds. The minimum Gasteiger partial charge on any atom is -0.490 e. The first-order valence-electron chi connectivity index (χ1n) is 7.22. The Kier molecular flexibility index (Phi) is 5.31. The fourth-order valence-electron chi connectivity index (χ4n) is 2.00. The summed E-state index contributed by atoms with van der Waals surface area (Å²) in [6.07, 6.45) is 1.67. The summed E-state index contributed by atoms with van der Waals surface area (Å²) in [6.45, 7) is 5.83. The molecule has 4 heteroatoms. The predicted molar refractivity (Wildman–Crippen MR) is 88.4 cm³/mol. The lowest BCUT2D eigenvalue weighted by Crippen LogP contribution is -2.18. The Hall–Kier alpha value is -2.62. The number of benzene rings is 2. The molecule has 0 unspecified atom stereocenters. The Labute approximate surface area is 130 Å². The van der Waals surface area contributed by atoms with Crippen LogP contribution in [0.15, 0.2) is 53.6 Å². The van der Waals surface area contributed by atoms with Gasteiger partial charge in [0.1, 0.15) is 5.75 Å². The van der Waals surface area contributed by atoms with Crippen molar-refractivity contribution >= 4 is 12.1 Å². The van der Waals surface area contributed by atoms with E-state index in [2.05, 4.69) is 10.5 Å². The van der Waals surface area contributed by atoms with Gasteiger partial charge < -0.3 is 4.74 Å². The fraction of sp³-hybridized carbons (Fsp3) is 0.222. The summed E-state index contributed by atoms with van der Waals surface area (Å²) in [4.78, 5) is 12.1. The summed E-state index contributed by atoms with van der Waals surface area (Å²) in [5.41, 5.74) is 4.90. The van der Waals surface area contributed by atoms with Crippen molar-refractivity contribution in [3.63, 3.8) is 0 Å². The number of hydrogen-bond acceptors (Lipinski definition) is 3. The van der Waals surface area contributed by atoms with Crippen molar-refractivity contribution in [3.8, 4) is 5.75 Å². The van der Waals surface area contributed by atoms with Gasteiger partial charge in [-0.3, -0.25) is 4.79 Å². The van der Waals surface area contributed by atoms with Crippen LogP contribution in [0.25, 0.3) is 0 Å². The smallest absolute Gasteiger partial charge is 0.271 e. The van der Waals surface area contributed by atoms with Crippen molar-refractivity contribution in [2.45, 2.75) is 26.9 Å². The SMILES string of the molecule is Cc1ccccc1C(=O)N/N=C\c1ccccc1OC(C)C. The highest BCUT2D eigenvalue weighted by Crippen LogP contribution is 2.17. The van der Waals surface area contributed by atoms with Crippen LogP contribution in [0.1, 0.15) is 35.3 Å². The molecule has 0 aliphatic rings. The average molecular weight is 296 g/mol. The highest BCUT2D eigenvalue weighted by molar-refractivity contribution is 5.96. The van der Waals surface area contributed by atoms with Gasteiger partial charge in [0, 0.05) is 11.1 Å². The van der Waals surface area contributed by atoms with Crippen LogP contribution in [0.2, 0.25) is 0 Å². The van der Waals surface area contributed by atoms with Gasteiger partial charge in [-0.15, -0.1) is 0 Å². The number of hydrazone groups is 1. The van der Waals surface area contributed by atoms with E-state index in [0.717, 1.165) is 16.9 Å². The molecule has 22 heavy (non-hydrogen) atoms. The third kappa shape index (κ3) is 4.19. The largest absolute Gasteiger partial charge is 0.490 e. The second-order valence-electron chi connectivity index (χ2n) is 5.22. The van der Waals surface area contributed by atoms with Gasteiger partial charge in [-0.2, -0.15) is 5.10 Å². The van der Waals surface area contributed by atoms with Crippen molar-refractivity contribution < 1.29 is 9.53 Å². The molecule has 1 N–H and O–H groups in total. The molecule has 0 fully saturated rings. The summed E-state index contributed by atoms with van der Waals surface area (Å²) in [5, 5.41) is 4.02.